The normalized spacial score (nSPS) is 11.6. The van der Waals surface area contributed by atoms with Crippen LogP contribution >= 0.6 is 11.3 Å². The number of hydrogen-bond acceptors (Lipinski definition) is 6. The van der Waals surface area contributed by atoms with Crippen LogP contribution in [0.2, 0.25) is 0 Å². The van der Waals surface area contributed by atoms with Gasteiger partial charge in [0.05, 0.1) is 10.6 Å². The van der Waals surface area contributed by atoms with E-state index in [2.05, 4.69) is 15.6 Å². The molecule has 0 aliphatic rings. The summed E-state index contributed by atoms with van der Waals surface area (Å²) in [6.07, 6.45) is 0. The molecule has 23 heavy (non-hydrogen) atoms. The van der Waals surface area contributed by atoms with Crippen molar-refractivity contribution in [3.05, 3.63) is 51.0 Å². The van der Waals surface area contributed by atoms with Gasteiger partial charge in [0.15, 0.2) is 5.13 Å². The van der Waals surface area contributed by atoms with Crippen LogP contribution in [-0.4, -0.2) is 27.8 Å². The molecular weight excluding hydrogens is 320 g/mol. The van der Waals surface area contributed by atoms with E-state index in [-0.39, 0.29) is 11.3 Å². The number of anilines is 1. The highest BCUT2D eigenvalue weighted by Crippen LogP contribution is 2.15. The minimum absolute atomic E-state index is 0.115. The van der Waals surface area contributed by atoms with Crippen molar-refractivity contribution in [2.45, 2.75) is 19.9 Å². The maximum Gasteiger partial charge on any atom is 0.270 e. The van der Waals surface area contributed by atoms with Crippen molar-refractivity contribution in [3.63, 3.8) is 0 Å². The molecule has 0 spiro atoms. The van der Waals surface area contributed by atoms with Crippen molar-refractivity contribution in [3.8, 4) is 0 Å². The quantitative estimate of drug-likeness (QED) is 0.642. The number of nitrogens with one attached hydrogen (secondary N) is 2. The fourth-order valence-corrected chi connectivity index (χ4v) is 2.42. The number of rotatable bonds is 5. The van der Waals surface area contributed by atoms with Crippen LogP contribution < -0.4 is 10.6 Å². The van der Waals surface area contributed by atoms with Crippen LogP contribution in [-0.2, 0) is 4.79 Å². The second-order valence-electron chi connectivity index (χ2n) is 4.79. The summed E-state index contributed by atoms with van der Waals surface area (Å²) in [5.41, 5.74) is 0.718. The van der Waals surface area contributed by atoms with Gasteiger partial charge in [-0.1, -0.05) is 6.07 Å². The van der Waals surface area contributed by atoms with Gasteiger partial charge in [-0.25, -0.2) is 4.98 Å². The van der Waals surface area contributed by atoms with Gasteiger partial charge in [-0.15, -0.1) is 11.3 Å². The molecule has 2 amide bonds. The maximum absolute atomic E-state index is 12.1. The third-order valence-corrected chi connectivity index (χ3v) is 3.78. The molecule has 1 aromatic heterocycles. The van der Waals surface area contributed by atoms with Gasteiger partial charge in [0.1, 0.15) is 6.04 Å². The van der Waals surface area contributed by atoms with E-state index < -0.39 is 22.8 Å². The molecule has 0 saturated heterocycles. The fraction of sp³-hybridized carbons (Fsp3) is 0.214. The van der Waals surface area contributed by atoms with E-state index in [1.807, 2.05) is 0 Å². The number of carbonyl (C=O) groups is 2. The Morgan fingerprint density at radius 2 is 2.13 bits per heavy atom. The Labute approximate surface area is 135 Å². The topological polar surface area (TPSA) is 114 Å². The molecule has 9 heteroatoms. The predicted molar refractivity (Wildman–Crippen MR) is 85.5 cm³/mol. The number of benzene rings is 1. The summed E-state index contributed by atoms with van der Waals surface area (Å²) in [5.74, 6) is -0.982. The van der Waals surface area contributed by atoms with Crippen LogP contribution in [0.15, 0.2) is 29.6 Å². The third-order valence-electron chi connectivity index (χ3n) is 2.91. The van der Waals surface area contributed by atoms with Gasteiger partial charge >= 0.3 is 0 Å². The number of nitrogens with zero attached hydrogens (tertiary/aromatic N) is 2. The van der Waals surface area contributed by atoms with Gasteiger partial charge in [0.25, 0.3) is 11.6 Å². The van der Waals surface area contributed by atoms with E-state index in [1.165, 1.54) is 36.5 Å². The summed E-state index contributed by atoms with van der Waals surface area (Å²) in [6.45, 7) is 3.32. The van der Waals surface area contributed by atoms with E-state index in [1.54, 1.807) is 12.3 Å². The zero-order valence-corrected chi connectivity index (χ0v) is 13.2. The number of nitro groups is 1. The number of hydrogen-bond donors (Lipinski definition) is 2. The Hall–Kier alpha value is -2.81. The molecular formula is C14H14N4O4S. The molecule has 1 atom stereocenters. The first-order chi connectivity index (χ1) is 10.9. The lowest BCUT2D eigenvalue weighted by atomic mass is 10.1. The van der Waals surface area contributed by atoms with Crippen molar-refractivity contribution in [1.82, 2.24) is 10.3 Å². The molecule has 2 N–H and O–H groups in total. The van der Waals surface area contributed by atoms with Crippen LogP contribution in [0.4, 0.5) is 10.8 Å². The number of carbonyl (C=O) groups excluding carboxylic acids is 2. The Balaban J connectivity index is 2.00. The number of nitro benzene ring substituents is 1. The monoisotopic (exact) mass is 334 g/mol. The maximum atomic E-state index is 12.1. The molecule has 8 nitrogen and oxygen atoms in total. The van der Waals surface area contributed by atoms with Gasteiger partial charge in [-0.05, 0) is 19.9 Å². The molecule has 2 rings (SSSR count). The van der Waals surface area contributed by atoms with Gasteiger partial charge < -0.3 is 10.6 Å². The lowest BCUT2D eigenvalue weighted by Crippen LogP contribution is -2.41. The fourth-order valence-electron chi connectivity index (χ4n) is 1.73. The van der Waals surface area contributed by atoms with E-state index in [0.717, 1.165) is 11.8 Å². The highest BCUT2D eigenvalue weighted by Gasteiger charge is 2.19. The summed E-state index contributed by atoms with van der Waals surface area (Å²) in [4.78, 5) is 38.3. The average Bonchev–Trinajstić information content (AvgIpc) is 2.92. The lowest BCUT2D eigenvalue weighted by molar-refractivity contribution is -0.384. The lowest BCUT2D eigenvalue weighted by Gasteiger charge is -2.12. The summed E-state index contributed by atoms with van der Waals surface area (Å²) >= 11 is 1.28. The Morgan fingerprint density at radius 3 is 2.74 bits per heavy atom. The average molecular weight is 334 g/mol. The second kappa shape index (κ2) is 6.97. The number of thiazole rings is 1. The van der Waals surface area contributed by atoms with Gasteiger partial charge in [0, 0.05) is 23.1 Å². The van der Waals surface area contributed by atoms with Crippen LogP contribution in [0.1, 0.15) is 23.0 Å². The Bertz CT molecular complexity index is 759. The SMILES string of the molecule is Cc1csc(NC(=O)C(C)NC(=O)c2cccc([N+](=O)[O-])c2)n1. The minimum atomic E-state index is -0.814. The van der Waals surface area contributed by atoms with Gasteiger partial charge in [-0.3, -0.25) is 19.7 Å². The van der Waals surface area contributed by atoms with Crippen molar-refractivity contribution in [2.24, 2.45) is 0 Å². The van der Waals surface area contributed by atoms with Gasteiger partial charge in [-0.2, -0.15) is 0 Å². The molecule has 0 bridgehead atoms. The highest BCUT2D eigenvalue weighted by atomic mass is 32.1. The first-order valence-corrected chi connectivity index (χ1v) is 7.53. The predicted octanol–water partition coefficient (Wildman–Crippen LogP) is 2.12. The van der Waals surface area contributed by atoms with Crippen LogP contribution in [0.25, 0.3) is 0 Å². The molecule has 0 saturated carbocycles. The zero-order chi connectivity index (χ0) is 17.0. The van der Waals surface area contributed by atoms with Crippen LogP contribution in [0, 0.1) is 17.0 Å². The Kier molecular flexibility index (Phi) is 5.02. The van der Waals surface area contributed by atoms with E-state index >= 15 is 0 Å². The van der Waals surface area contributed by atoms with E-state index in [9.17, 15) is 19.7 Å². The van der Waals surface area contributed by atoms with Crippen molar-refractivity contribution in [1.29, 1.82) is 0 Å². The zero-order valence-electron chi connectivity index (χ0n) is 12.4. The molecule has 2 aromatic rings. The number of non-ortho nitro benzene ring substituents is 1. The summed E-state index contributed by atoms with van der Waals surface area (Å²) in [5, 5.41) is 18.0. The van der Waals surface area contributed by atoms with Gasteiger partial charge in [0.2, 0.25) is 5.91 Å². The molecule has 1 unspecified atom stereocenters. The van der Waals surface area contributed by atoms with Crippen molar-refractivity contribution >= 4 is 34.0 Å². The molecule has 0 aliphatic heterocycles. The number of amides is 2. The van der Waals surface area contributed by atoms with Crippen LogP contribution in [0.5, 0.6) is 0 Å². The van der Waals surface area contributed by atoms with E-state index in [4.69, 9.17) is 0 Å². The highest BCUT2D eigenvalue weighted by molar-refractivity contribution is 7.13. The smallest absolute Gasteiger partial charge is 0.270 e. The largest absolute Gasteiger partial charge is 0.341 e. The summed E-state index contributed by atoms with van der Waals surface area (Å²) in [7, 11) is 0. The molecule has 0 fully saturated rings. The van der Waals surface area contributed by atoms with Crippen molar-refractivity contribution in [2.75, 3.05) is 5.32 Å². The molecule has 1 heterocycles. The first kappa shape index (κ1) is 16.6. The second-order valence-corrected chi connectivity index (χ2v) is 5.64. The Morgan fingerprint density at radius 1 is 1.39 bits per heavy atom. The molecule has 120 valence electrons. The van der Waals surface area contributed by atoms with E-state index in [0.29, 0.717) is 5.13 Å². The number of aryl methyl sites for hydroxylation is 1. The van der Waals surface area contributed by atoms with Crippen molar-refractivity contribution < 1.29 is 14.5 Å². The molecule has 0 radical (unpaired) electrons. The summed E-state index contributed by atoms with van der Waals surface area (Å²) < 4.78 is 0. The third kappa shape index (κ3) is 4.33. The van der Waals surface area contributed by atoms with Crippen LogP contribution in [0.3, 0.4) is 0 Å². The standard InChI is InChI=1S/C14H14N4O4S/c1-8-7-23-14(15-8)17-12(19)9(2)16-13(20)10-4-3-5-11(6-10)18(21)22/h3-7,9H,1-2H3,(H,16,20)(H,15,17,19). The minimum Gasteiger partial charge on any atom is -0.341 e. The number of aromatic nitrogens is 1. The molecule has 1 aromatic carbocycles. The summed E-state index contributed by atoms with van der Waals surface area (Å²) in [6, 6.07) is 4.49. The molecule has 0 aliphatic carbocycles. The first-order valence-electron chi connectivity index (χ1n) is 6.65.